The minimum atomic E-state index is -1.20. The first-order valence-corrected chi connectivity index (χ1v) is 6.50. The van der Waals surface area contributed by atoms with E-state index in [1.54, 1.807) is 31.5 Å². The lowest BCUT2D eigenvalue weighted by atomic mass is 10.0. The number of rotatable bonds is 6. The van der Waals surface area contributed by atoms with Crippen molar-refractivity contribution in [2.24, 2.45) is 0 Å². The minimum absolute atomic E-state index is 0.110. The van der Waals surface area contributed by atoms with Crippen LogP contribution in [0.3, 0.4) is 0 Å². The smallest absolute Gasteiger partial charge is 0.220 e. The van der Waals surface area contributed by atoms with E-state index in [9.17, 15) is 9.90 Å². The third-order valence-electron chi connectivity index (χ3n) is 3.05. The van der Waals surface area contributed by atoms with Gasteiger partial charge in [0.05, 0.1) is 12.8 Å². The number of carbonyl (C=O) groups excluding carboxylic acids is 1. The van der Waals surface area contributed by atoms with Gasteiger partial charge in [-0.25, -0.2) is 0 Å². The van der Waals surface area contributed by atoms with Crippen LogP contribution in [0.1, 0.15) is 24.7 Å². The topological polar surface area (TPSA) is 75.4 Å². The zero-order valence-electron chi connectivity index (χ0n) is 11.4. The Labute approximate surface area is 117 Å². The highest BCUT2D eigenvalue weighted by molar-refractivity contribution is 5.76. The van der Waals surface area contributed by atoms with Crippen molar-refractivity contribution in [3.8, 4) is 0 Å². The largest absolute Gasteiger partial charge is 0.466 e. The first kappa shape index (κ1) is 14.3. The summed E-state index contributed by atoms with van der Waals surface area (Å²) in [7, 11) is 0. The van der Waals surface area contributed by atoms with Gasteiger partial charge in [-0.05, 0) is 37.1 Å². The first-order chi connectivity index (χ1) is 9.58. The summed E-state index contributed by atoms with van der Waals surface area (Å²) in [5.74, 6) is 0.325. The number of pyridine rings is 1. The molecule has 2 aromatic heterocycles. The molecule has 0 saturated carbocycles. The molecule has 0 fully saturated rings. The summed E-state index contributed by atoms with van der Waals surface area (Å²) in [6.07, 6.45) is 5.92. The molecule has 0 saturated heterocycles. The van der Waals surface area contributed by atoms with E-state index in [2.05, 4.69) is 10.3 Å². The second-order valence-electron chi connectivity index (χ2n) is 4.89. The number of hydrogen-bond donors (Lipinski definition) is 2. The van der Waals surface area contributed by atoms with E-state index in [0.717, 1.165) is 5.56 Å². The van der Waals surface area contributed by atoms with Crippen molar-refractivity contribution < 1.29 is 14.3 Å². The second-order valence-corrected chi connectivity index (χ2v) is 4.89. The number of aromatic nitrogens is 1. The molecular formula is C15H18N2O3. The van der Waals surface area contributed by atoms with Gasteiger partial charge in [-0.15, -0.1) is 0 Å². The van der Waals surface area contributed by atoms with Crippen LogP contribution in [0.5, 0.6) is 0 Å². The first-order valence-electron chi connectivity index (χ1n) is 6.50. The van der Waals surface area contributed by atoms with Crippen molar-refractivity contribution in [2.45, 2.75) is 25.4 Å². The summed E-state index contributed by atoms with van der Waals surface area (Å²) in [5.41, 5.74) is -0.187. The van der Waals surface area contributed by atoms with Gasteiger partial charge in [0.1, 0.15) is 11.4 Å². The van der Waals surface area contributed by atoms with Crippen LogP contribution in [0.4, 0.5) is 0 Å². The number of nitrogens with zero attached hydrogens (tertiary/aromatic N) is 1. The molecule has 106 valence electrons. The molecule has 2 N–H and O–H groups in total. The molecule has 0 aromatic carbocycles. The van der Waals surface area contributed by atoms with E-state index >= 15 is 0 Å². The molecule has 5 nitrogen and oxygen atoms in total. The van der Waals surface area contributed by atoms with Gasteiger partial charge < -0.3 is 14.8 Å². The van der Waals surface area contributed by atoms with Crippen LogP contribution in [-0.4, -0.2) is 22.5 Å². The highest BCUT2D eigenvalue weighted by atomic mass is 16.4. The van der Waals surface area contributed by atoms with E-state index in [1.807, 2.05) is 12.1 Å². The number of hydrogen-bond acceptors (Lipinski definition) is 4. The van der Waals surface area contributed by atoms with Gasteiger partial charge in [0.25, 0.3) is 0 Å². The van der Waals surface area contributed by atoms with Crippen molar-refractivity contribution in [3.63, 3.8) is 0 Å². The number of nitrogens with one attached hydrogen (secondary N) is 1. The lowest BCUT2D eigenvalue weighted by molar-refractivity contribution is -0.122. The predicted octanol–water partition coefficient (Wildman–Crippen LogP) is 1.63. The zero-order chi connectivity index (χ0) is 14.4. The highest BCUT2D eigenvalue weighted by Gasteiger charge is 2.26. The Hall–Kier alpha value is -2.14. The van der Waals surface area contributed by atoms with Gasteiger partial charge in [0.15, 0.2) is 0 Å². The summed E-state index contributed by atoms with van der Waals surface area (Å²) in [4.78, 5) is 15.8. The van der Waals surface area contributed by atoms with Crippen molar-refractivity contribution in [3.05, 3.63) is 54.2 Å². The number of aryl methyl sites for hydroxylation is 1. The quantitative estimate of drug-likeness (QED) is 0.839. The fourth-order valence-corrected chi connectivity index (χ4v) is 1.84. The average molecular weight is 274 g/mol. The molecule has 0 aliphatic rings. The SMILES string of the molecule is CC(O)(CNC(=O)CCc1cccnc1)c1ccco1. The Morgan fingerprint density at radius 3 is 2.95 bits per heavy atom. The van der Waals surface area contributed by atoms with E-state index < -0.39 is 5.60 Å². The lowest BCUT2D eigenvalue weighted by Gasteiger charge is -2.21. The summed E-state index contributed by atoms with van der Waals surface area (Å²) < 4.78 is 5.15. The molecule has 1 amide bonds. The summed E-state index contributed by atoms with van der Waals surface area (Å²) in [6, 6.07) is 7.16. The zero-order valence-corrected chi connectivity index (χ0v) is 11.4. The Morgan fingerprint density at radius 1 is 1.45 bits per heavy atom. The van der Waals surface area contributed by atoms with Crippen molar-refractivity contribution in [2.75, 3.05) is 6.54 Å². The van der Waals surface area contributed by atoms with Crippen LogP contribution in [0.2, 0.25) is 0 Å². The molecule has 1 unspecified atom stereocenters. The molecule has 2 heterocycles. The van der Waals surface area contributed by atoms with Crippen molar-refractivity contribution in [1.29, 1.82) is 0 Å². The van der Waals surface area contributed by atoms with Gasteiger partial charge in [0.2, 0.25) is 5.91 Å². The number of amides is 1. The van der Waals surface area contributed by atoms with Crippen LogP contribution >= 0.6 is 0 Å². The van der Waals surface area contributed by atoms with Crippen molar-refractivity contribution >= 4 is 5.91 Å². The standard InChI is InChI=1S/C15H18N2O3/c1-15(19,13-5-3-9-20-13)11-17-14(18)7-6-12-4-2-8-16-10-12/h2-5,8-10,19H,6-7,11H2,1H3,(H,17,18). The molecular weight excluding hydrogens is 256 g/mol. The number of aliphatic hydroxyl groups is 1. The van der Waals surface area contributed by atoms with Crippen LogP contribution in [0, 0.1) is 0 Å². The minimum Gasteiger partial charge on any atom is -0.466 e. The summed E-state index contributed by atoms with van der Waals surface area (Å²) in [5, 5.41) is 12.9. The maximum Gasteiger partial charge on any atom is 0.220 e. The van der Waals surface area contributed by atoms with Gasteiger partial charge in [-0.3, -0.25) is 9.78 Å². The molecule has 20 heavy (non-hydrogen) atoms. The average Bonchev–Trinajstić information content (AvgIpc) is 2.99. The van der Waals surface area contributed by atoms with Crippen LogP contribution < -0.4 is 5.32 Å². The van der Waals surface area contributed by atoms with E-state index in [-0.39, 0.29) is 12.5 Å². The monoisotopic (exact) mass is 274 g/mol. The molecule has 2 rings (SSSR count). The number of carbonyl (C=O) groups is 1. The Bertz CT molecular complexity index is 536. The maximum atomic E-state index is 11.8. The van der Waals surface area contributed by atoms with Crippen molar-refractivity contribution in [1.82, 2.24) is 10.3 Å². The molecule has 0 aliphatic carbocycles. The highest BCUT2D eigenvalue weighted by Crippen LogP contribution is 2.19. The van der Waals surface area contributed by atoms with Crippen LogP contribution in [0.15, 0.2) is 47.3 Å². The fraction of sp³-hybridized carbons (Fsp3) is 0.333. The fourth-order valence-electron chi connectivity index (χ4n) is 1.84. The van der Waals surface area contributed by atoms with E-state index in [0.29, 0.717) is 18.6 Å². The molecule has 5 heteroatoms. The predicted molar refractivity (Wildman–Crippen MR) is 73.8 cm³/mol. The number of furan rings is 1. The molecule has 1 atom stereocenters. The second kappa shape index (κ2) is 6.34. The van der Waals surface area contributed by atoms with Gasteiger partial charge >= 0.3 is 0 Å². The Balaban J connectivity index is 1.78. The summed E-state index contributed by atoms with van der Waals surface area (Å²) in [6.45, 7) is 1.72. The summed E-state index contributed by atoms with van der Waals surface area (Å²) >= 11 is 0. The molecule has 0 spiro atoms. The van der Waals surface area contributed by atoms with E-state index in [1.165, 1.54) is 6.26 Å². The van der Waals surface area contributed by atoms with Crippen LogP contribution in [0.25, 0.3) is 0 Å². The van der Waals surface area contributed by atoms with Crippen LogP contribution in [-0.2, 0) is 16.8 Å². The Morgan fingerprint density at radius 2 is 2.30 bits per heavy atom. The lowest BCUT2D eigenvalue weighted by Crippen LogP contribution is -2.38. The molecule has 0 aliphatic heterocycles. The van der Waals surface area contributed by atoms with Gasteiger partial charge in [-0.1, -0.05) is 6.07 Å². The molecule has 0 bridgehead atoms. The Kier molecular flexibility index (Phi) is 4.53. The van der Waals surface area contributed by atoms with E-state index in [4.69, 9.17) is 4.42 Å². The third-order valence-corrected chi connectivity index (χ3v) is 3.05. The third kappa shape index (κ3) is 3.93. The molecule has 0 radical (unpaired) electrons. The van der Waals surface area contributed by atoms with Gasteiger partial charge in [-0.2, -0.15) is 0 Å². The normalized spacial score (nSPS) is 13.7. The molecule has 2 aromatic rings. The maximum absolute atomic E-state index is 11.8. The van der Waals surface area contributed by atoms with Gasteiger partial charge in [0, 0.05) is 18.8 Å².